The van der Waals surface area contributed by atoms with Crippen LogP contribution in [0.15, 0.2) is 273 Å². The van der Waals surface area contributed by atoms with E-state index in [4.69, 9.17) is 19.9 Å². The summed E-state index contributed by atoms with van der Waals surface area (Å²) in [6.45, 7) is 0. The van der Waals surface area contributed by atoms with Crippen LogP contribution in [0.25, 0.3) is 129 Å². The molecule has 5 heteroatoms. The fraction of sp³-hybridized carbons (Fsp3) is 0. The van der Waals surface area contributed by atoms with Crippen LogP contribution in [-0.4, -0.2) is 24.5 Å². The fourth-order valence-electron chi connectivity index (χ4n) is 10.5. The number of aromatic nitrogens is 5. The molecule has 0 saturated heterocycles. The molecule has 342 valence electrons. The van der Waals surface area contributed by atoms with E-state index in [1.807, 2.05) is 42.6 Å². The van der Waals surface area contributed by atoms with E-state index in [1.165, 1.54) is 0 Å². The standard InChI is InChI=1S/C68H45N5/c1-8-24-46(25-9-1)57-45-54(42-43-69-57)65-63(50-32-16-5-17-33-50)61(48-28-12-3-13-29-48)60(47-26-10-2-11-27-47)62(49-30-14-4-15-31-49)64(65)53-40-41-59-56(44-53)55-38-22-23-39-58(55)73(59)68-71-66(51-34-18-6-19-35-51)70-67(72-68)52-36-20-7-21-37-52/h1-45H. The number of rotatable bonds is 10. The molecule has 73 heavy (non-hydrogen) atoms. The maximum absolute atomic E-state index is 5.26. The van der Waals surface area contributed by atoms with Gasteiger partial charge in [0.15, 0.2) is 11.6 Å². The van der Waals surface area contributed by atoms with Crippen LogP contribution < -0.4 is 0 Å². The van der Waals surface area contributed by atoms with Crippen molar-refractivity contribution in [1.82, 2.24) is 24.5 Å². The largest absolute Gasteiger partial charge is 0.278 e. The fourth-order valence-corrected chi connectivity index (χ4v) is 10.5. The Morgan fingerprint density at radius 3 is 1.05 bits per heavy atom. The normalized spacial score (nSPS) is 11.3. The summed E-state index contributed by atoms with van der Waals surface area (Å²) in [5, 5.41) is 2.17. The number of fused-ring (bicyclic) bond motifs is 3. The Labute approximate surface area is 424 Å². The third-order valence-corrected chi connectivity index (χ3v) is 13.7. The van der Waals surface area contributed by atoms with Gasteiger partial charge in [0.25, 0.3) is 0 Å². The van der Waals surface area contributed by atoms with Crippen LogP contribution in [0.5, 0.6) is 0 Å². The smallest absolute Gasteiger partial charge is 0.238 e. The van der Waals surface area contributed by atoms with Gasteiger partial charge in [0.2, 0.25) is 5.95 Å². The van der Waals surface area contributed by atoms with Gasteiger partial charge >= 0.3 is 0 Å². The van der Waals surface area contributed by atoms with E-state index >= 15 is 0 Å². The molecule has 0 N–H and O–H groups in total. The first kappa shape index (κ1) is 43.2. The summed E-state index contributed by atoms with van der Waals surface area (Å²) in [4.78, 5) is 20.6. The second-order valence-corrected chi connectivity index (χ2v) is 18.1. The highest BCUT2D eigenvalue weighted by atomic mass is 15.2. The molecule has 0 saturated carbocycles. The third-order valence-electron chi connectivity index (χ3n) is 13.7. The molecule has 13 rings (SSSR count). The van der Waals surface area contributed by atoms with E-state index in [9.17, 15) is 0 Å². The molecule has 0 fully saturated rings. The van der Waals surface area contributed by atoms with Gasteiger partial charge in [0, 0.05) is 33.7 Å². The number of hydrogen-bond acceptors (Lipinski definition) is 4. The minimum atomic E-state index is 0.549. The number of pyridine rings is 1. The molecule has 0 aliphatic rings. The Morgan fingerprint density at radius 2 is 0.603 bits per heavy atom. The van der Waals surface area contributed by atoms with E-state index in [0.717, 1.165) is 111 Å². The molecule has 0 spiro atoms. The summed E-state index contributed by atoms with van der Waals surface area (Å²) in [7, 11) is 0. The predicted molar refractivity (Wildman–Crippen MR) is 301 cm³/mol. The lowest BCUT2D eigenvalue weighted by Gasteiger charge is -2.29. The van der Waals surface area contributed by atoms with E-state index in [2.05, 4.69) is 235 Å². The van der Waals surface area contributed by atoms with Crippen molar-refractivity contribution in [2.45, 2.75) is 0 Å². The molecule has 13 aromatic rings. The van der Waals surface area contributed by atoms with Crippen LogP contribution in [-0.2, 0) is 0 Å². The van der Waals surface area contributed by atoms with E-state index in [0.29, 0.717) is 17.6 Å². The van der Waals surface area contributed by atoms with Crippen molar-refractivity contribution < 1.29 is 0 Å². The van der Waals surface area contributed by atoms with Crippen molar-refractivity contribution in [2.24, 2.45) is 0 Å². The van der Waals surface area contributed by atoms with Crippen LogP contribution in [0, 0.1) is 0 Å². The summed E-state index contributed by atoms with van der Waals surface area (Å²) in [6, 6.07) is 94.5. The van der Waals surface area contributed by atoms with Gasteiger partial charge in [-0.15, -0.1) is 0 Å². The van der Waals surface area contributed by atoms with Crippen LogP contribution in [0.1, 0.15) is 0 Å². The molecule has 0 radical (unpaired) electrons. The number of nitrogens with zero attached hydrogens (tertiary/aromatic N) is 5. The van der Waals surface area contributed by atoms with Crippen LogP contribution in [0.3, 0.4) is 0 Å². The van der Waals surface area contributed by atoms with E-state index in [-0.39, 0.29) is 0 Å². The number of para-hydroxylation sites is 1. The molecule has 0 atom stereocenters. The highest BCUT2D eigenvalue weighted by Crippen LogP contribution is 2.56. The average molecular weight is 932 g/mol. The van der Waals surface area contributed by atoms with E-state index < -0.39 is 0 Å². The monoisotopic (exact) mass is 931 g/mol. The van der Waals surface area contributed by atoms with Crippen molar-refractivity contribution in [1.29, 1.82) is 0 Å². The predicted octanol–water partition coefficient (Wildman–Crippen LogP) is 17.4. The molecule has 0 unspecified atom stereocenters. The lowest BCUT2D eigenvalue weighted by atomic mass is 9.74. The molecule has 0 amide bonds. The highest BCUT2D eigenvalue weighted by Gasteiger charge is 2.30. The maximum atomic E-state index is 5.26. The Balaban J connectivity index is 1.18. The summed E-state index contributed by atoms with van der Waals surface area (Å²) in [6.07, 6.45) is 1.96. The number of benzene rings is 10. The molecular formula is C68H45N5. The van der Waals surface area contributed by atoms with Crippen LogP contribution in [0.2, 0.25) is 0 Å². The van der Waals surface area contributed by atoms with Gasteiger partial charge in [-0.3, -0.25) is 9.55 Å². The lowest BCUT2D eigenvalue weighted by molar-refractivity contribution is 0.953. The second-order valence-electron chi connectivity index (χ2n) is 18.1. The first-order valence-corrected chi connectivity index (χ1v) is 24.6. The van der Waals surface area contributed by atoms with Gasteiger partial charge in [-0.05, 0) is 97.1 Å². The summed E-state index contributed by atoms with van der Waals surface area (Å²) in [5.74, 6) is 1.76. The molecule has 5 nitrogen and oxygen atoms in total. The second kappa shape index (κ2) is 18.8. The molecule has 0 aliphatic carbocycles. The lowest BCUT2D eigenvalue weighted by Crippen LogP contribution is -2.06. The van der Waals surface area contributed by atoms with Gasteiger partial charge in [0.05, 0.1) is 16.7 Å². The first-order chi connectivity index (χ1) is 36.2. The van der Waals surface area contributed by atoms with Crippen molar-refractivity contribution in [3.63, 3.8) is 0 Å². The SMILES string of the molecule is c1ccc(-c2cc(-c3c(-c4ccccc4)c(-c4ccccc4)c(-c4ccccc4)c(-c4ccccc4)c3-c3ccc4c(c3)c3ccccc3n4-c3nc(-c4ccccc4)nc(-c4ccccc4)n3)ccn2)cc1. The molecule has 3 heterocycles. The zero-order valence-corrected chi connectivity index (χ0v) is 39.7. The zero-order valence-electron chi connectivity index (χ0n) is 39.7. The summed E-state index contributed by atoms with van der Waals surface area (Å²) in [5.41, 5.74) is 19.2. The topological polar surface area (TPSA) is 56.5 Å². The van der Waals surface area contributed by atoms with Crippen LogP contribution >= 0.6 is 0 Å². The minimum absolute atomic E-state index is 0.549. The molecule has 0 bridgehead atoms. The van der Waals surface area contributed by atoms with Crippen molar-refractivity contribution >= 4 is 21.8 Å². The van der Waals surface area contributed by atoms with Gasteiger partial charge in [-0.1, -0.05) is 237 Å². The summed E-state index contributed by atoms with van der Waals surface area (Å²) < 4.78 is 2.20. The van der Waals surface area contributed by atoms with Gasteiger partial charge in [0.1, 0.15) is 0 Å². The van der Waals surface area contributed by atoms with Gasteiger partial charge in [-0.2, -0.15) is 9.97 Å². The Kier molecular flexibility index (Phi) is 11.1. The van der Waals surface area contributed by atoms with Crippen LogP contribution in [0.4, 0.5) is 0 Å². The summed E-state index contributed by atoms with van der Waals surface area (Å²) >= 11 is 0. The molecule has 0 aliphatic heterocycles. The third kappa shape index (κ3) is 7.96. The van der Waals surface area contributed by atoms with Crippen molar-refractivity contribution in [3.05, 3.63) is 273 Å². The van der Waals surface area contributed by atoms with Crippen molar-refractivity contribution in [2.75, 3.05) is 0 Å². The Morgan fingerprint density at radius 1 is 0.247 bits per heavy atom. The van der Waals surface area contributed by atoms with Gasteiger partial charge < -0.3 is 0 Å². The van der Waals surface area contributed by atoms with E-state index in [1.54, 1.807) is 0 Å². The van der Waals surface area contributed by atoms with Gasteiger partial charge in [-0.25, -0.2) is 4.98 Å². The highest BCUT2D eigenvalue weighted by molar-refractivity contribution is 6.17. The number of hydrogen-bond donors (Lipinski definition) is 0. The quantitative estimate of drug-likeness (QED) is 0.137. The molecular weight excluding hydrogens is 887 g/mol. The Hall–Kier alpha value is -9.84. The average Bonchev–Trinajstić information content (AvgIpc) is 3.82. The Bertz CT molecular complexity index is 4030. The minimum Gasteiger partial charge on any atom is -0.278 e. The molecule has 10 aromatic carbocycles. The van der Waals surface area contributed by atoms with Crippen molar-refractivity contribution in [3.8, 4) is 107 Å². The maximum Gasteiger partial charge on any atom is 0.238 e. The molecule has 3 aromatic heterocycles. The zero-order chi connectivity index (χ0) is 48.5. The first-order valence-electron chi connectivity index (χ1n) is 24.6.